The van der Waals surface area contributed by atoms with Crippen molar-refractivity contribution in [2.75, 3.05) is 23.7 Å². The lowest BCUT2D eigenvalue weighted by Crippen LogP contribution is -2.49. The molecule has 1 N–H and O–H groups in total. The second-order valence-electron chi connectivity index (χ2n) is 8.29. The van der Waals surface area contributed by atoms with Crippen molar-refractivity contribution in [1.29, 1.82) is 0 Å². The van der Waals surface area contributed by atoms with Gasteiger partial charge in [0.05, 0.1) is 11.9 Å². The smallest absolute Gasteiger partial charge is 0.244 e. The van der Waals surface area contributed by atoms with Crippen LogP contribution in [0.5, 0.6) is 0 Å². The number of nitrogens with zero attached hydrogens (tertiary/aromatic N) is 2. The van der Waals surface area contributed by atoms with Crippen molar-refractivity contribution in [3.05, 3.63) is 65.2 Å². The quantitative estimate of drug-likeness (QED) is 0.644. The molecule has 1 atom stereocenters. The van der Waals surface area contributed by atoms with Crippen LogP contribution in [0.1, 0.15) is 42.9 Å². The minimum atomic E-state index is -3.63. The van der Waals surface area contributed by atoms with Crippen LogP contribution in [0.3, 0.4) is 0 Å². The van der Waals surface area contributed by atoms with Gasteiger partial charge in [-0.3, -0.25) is 14.0 Å². The first-order chi connectivity index (χ1) is 14.8. The summed E-state index contributed by atoms with van der Waals surface area (Å²) in [6, 6.07) is 14.5. The number of rotatable bonds is 9. The number of sulfonamides is 1. The molecule has 2 aromatic rings. The summed E-state index contributed by atoms with van der Waals surface area (Å²) in [5.74, 6) is -0.288. The zero-order valence-corrected chi connectivity index (χ0v) is 19.5. The molecule has 0 aromatic heterocycles. The largest absolute Gasteiger partial charge is 0.350 e. The van der Waals surface area contributed by atoms with Gasteiger partial charge in [0.2, 0.25) is 15.9 Å². The summed E-state index contributed by atoms with van der Waals surface area (Å²) < 4.78 is 26.4. The minimum absolute atomic E-state index is 0.288. The van der Waals surface area contributed by atoms with Crippen LogP contribution in [0.4, 0.5) is 5.69 Å². The predicted molar refractivity (Wildman–Crippen MR) is 125 cm³/mol. The molecule has 0 radical (unpaired) electrons. The van der Waals surface area contributed by atoms with Gasteiger partial charge in [0.25, 0.3) is 0 Å². The van der Waals surface area contributed by atoms with Gasteiger partial charge in [-0.05, 0) is 62.5 Å². The first-order valence-corrected chi connectivity index (χ1v) is 12.8. The van der Waals surface area contributed by atoms with Gasteiger partial charge >= 0.3 is 0 Å². The van der Waals surface area contributed by atoms with Crippen molar-refractivity contribution in [3.63, 3.8) is 0 Å². The zero-order valence-electron chi connectivity index (χ0n) is 18.7. The molecule has 1 saturated heterocycles. The fraction of sp³-hybridized carbons (Fsp3) is 0.458. The van der Waals surface area contributed by atoms with Crippen molar-refractivity contribution in [2.24, 2.45) is 0 Å². The third-order valence-electron chi connectivity index (χ3n) is 5.78. The van der Waals surface area contributed by atoms with Crippen LogP contribution >= 0.6 is 0 Å². The summed E-state index contributed by atoms with van der Waals surface area (Å²) >= 11 is 0. The van der Waals surface area contributed by atoms with Crippen molar-refractivity contribution >= 4 is 21.6 Å². The highest BCUT2D eigenvalue weighted by atomic mass is 32.2. The highest BCUT2D eigenvalue weighted by Crippen LogP contribution is 2.23. The standard InChI is InChI=1S/C24H33N3O3S/c1-4-23(27(31(3,29)30)22-13-11-19(2)12-14-22)24(28)25-17-20-9-5-6-10-21(20)18-26-15-7-8-16-26/h5-6,9-14,23H,4,7-8,15-18H2,1-3H3,(H,25,28)/t23-/m1/s1. The van der Waals surface area contributed by atoms with Gasteiger partial charge in [0.1, 0.15) is 6.04 Å². The Morgan fingerprint density at radius 2 is 1.68 bits per heavy atom. The average Bonchev–Trinajstić information content (AvgIpc) is 3.24. The SMILES string of the molecule is CC[C@H](C(=O)NCc1ccccc1CN1CCCC1)N(c1ccc(C)cc1)S(C)(=O)=O. The molecule has 0 spiro atoms. The third-order valence-corrected chi connectivity index (χ3v) is 6.96. The highest BCUT2D eigenvalue weighted by molar-refractivity contribution is 7.92. The van der Waals surface area contributed by atoms with Crippen LogP contribution in [-0.4, -0.2) is 44.6 Å². The number of carbonyl (C=O) groups is 1. The summed E-state index contributed by atoms with van der Waals surface area (Å²) in [5.41, 5.74) is 3.81. The van der Waals surface area contributed by atoms with E-state index in [0.29, 0.717) is 18.7 Å². The van der Waals surface area contributed by atoms with Gasteiger partial charge in [-0.1, -0.05) is 48.9 Å². The number of carbonyl (C=O) groups excluding carboxylic acids is 1. The Balaban J connectivity index is 1.75. The van der Waals surface area contributed by atoms with Gasteiger partial charge < -0.3 is 5.32 Å². The number of hydrogen-bond donors (Lipinski definition) is 1. The molecule has 1 aliphatic heterocycles. The van der Waals surface area contributed by atoms with Crippen molar-refractivity contribution in [2.45, 2.75) is 52.2 Å². The molecule has 1 amide bonds. The average molecular weight is 444 g/mol. The molecule has 6 nitrogen and oxygen atoms in total. The molecule has 1 heterocycles. The summed E-state index contributed by atoms with van der Waals surface area (Å²) in [7, 11) is -3.63. The molecule has 168 valence electrons. The number of hydrogen-bond acceptors (Lipinski definition) is 4. The molecule has 0 bridgehead atoms. The zero-order chi connectivity index (χ0) is 22.4. The van der Waals surface area contributed by atoms with E-state index < -0.39 is 16.1 Å². The van der Waals surface area contributed by atoms with Gasteiger partial charge in [-0.2, -0.15) is 0 Å². The minimum Gasteiger partial charge on any atom is -0.350 e. The number of amides is 1. The van der Waals surface area contributed by atoms with E-state index in [0.717, 1.165) is 37.0 Å². The molecule has 0 unspecified atom stereocenters. The molecule has 1 fully saturated rings. The van der Waals surface area contributed by atoms with Gasteiger partial charge in [0.15, 0.2) is 0 Å². The summed E-state index contributed by atoms with van der Waals surface area (Å²) in [6.07, 6.45) is 3.99. The maximum absolute atomic E-state index is 13.1. The summed E-state index contributed by atoms with van der Waals surface area (Å²) in [6.45, 7) is 7.25. The van der Waals surface area contributed by atoms with Gasteiger partial charge in [0, 0.05) is 13.1 Å². The van der Waals surface area contributed by atoms with Gasteiger partial charge in [-0.15, -0.1) is 0 Å². The molecule has 2 aromatic carbocycles. The highest BCUT2D eigenvalue weighted by Gasteiger charge is 2.31. The Hall–Kier alpha value is -2.38. The van der Waals surface area contributed by atoms with Crippen LogP contribution < -0.4 is 9.62 Å². The Morgan fingerprint density at radius 1 is 1.06 bits per heavy atom. The first kappa shape index (κ1) is 23.3. The molecule has 0 saturated carbocycles. The topological polar surface area (TPSA) is 69.7 Å². The molecule has 1 aliphatic rings. The number of nitrogens with one attached hydrogen (secondary N) is 1. The van der Waals surface area contributed by atoms with Crippen LogP contribution in [0.2, 0.25) is 0 Å². The first-order valence-electron chi connectivity index (χ1n) is 10.9. The molecule has 31 heavy (non-hydrogen) atoms. The lowest BCUT2D eigenvalue weighted by Gasteiger charge is -2.30. The summed E-state index contributed by atoms with van der Waals surface area (Å²) in [4.78, 5) is 15.5. The van der Waals surface area contributed by atoms with E-state index in [-0.39, 0.29) is 5.91 Å². The lowest BCUT2D eigenvalue weighted by molar-refractivity contribution is -0.122. The van der Waals surface area contributed by atoms with E-state index in [1.165, 1.54) is 22.7 Å². The van der Waals surface area contributed by atoms with E-state index >= 15 is 0 Å². The second-order valence-corrected chi connectivity index (χ2v) is 10.1. The van der Waals surface area contributed by atoms with E-state index in [1.807, 2.05) is 44.2 Å². The lowest BCUT2D eigenvalue weighted by atomic mass is 10.1. The fourth-order valence-corrected chi connectivity index (χ4v) is 5.33. The Labute approximate surface area is 186 Å². The monoisotopic (exact) mass is 443 g/mol. The van der Waals surface area contributed by atoms with E-state index in [1.54, 1.807) is 12.1 Å². The van der Waals surface area contributed by atoms with Crippen LogP contribution in [-0.2, 0) is 27.9 Å². The maximum atomic E-state index is 13.1. The molecule has 3 rings (SSSR count). The van der Waals surface area contributed by atoms with E-state index in [2.05, 4.69) is 16.3 Å². The van der Waals surface area contributed by atoms with E-state index in [4.69, 9.17) is 0 Å². The fourth-order valence-electron chi connectivity index (χ4n) is 4.12. The van der Waals surface area contributed by atoms with Crippen LogP contribution in [0.25, 0.3) is 0 Å². The number of anilines is 1. The molecule has 7 heteroatoms. The molecular formula is C24H33N3O3S. The van der Waals surface area contributed by atoms with Crippen molar-refractivity contribution in [1.82, 2.24) is 10.2 Å². The third kappa shape index (κ3) is 6.08. The number of benzene rings is 2. The Bertz CT molecular complexity index is 983. The maximum Gasteiger partial charge on any atom is 0.244 e. The van der Waals surface area contributed by atoms with Crippen LogP contribution in [0, 0.1) is 6.92 Å². The Morgan fingerprint density at radius 3 is 2.26 bits per heavy atom. The predicted octanol–water partition coefficient (Wildman–Crippen LogP) is 3.45. The van der Waals surface area contributed by atoms with Crippen molar-refractivity contribution < 1.29 is 13.2 Å². The number of aryl methyl sites for hydroxylation is 1. The second kappa shape index (κ2) is 10.3. The summed E-state index contributed by atoms with van der Waals surface area (Å²) in [5, 5.41) is 2.99. The Kier molecular flexibility index (Phi) is 7.73. The molecular weight excluding hydrogens is 410 g/mol. The normalized spacial score (nSPS) is 15.6. The van der Waals surface area contributed by atoms with Crippen molar-refractivity contribution in [3.8, 4) is 0 Å². The molecule has 0 aliphatic carbocycles. The van der Waals surface area contributed by atoms with Crippen LogP contribution in [0.15, 0.2) is 48.5 Å². The van der Waals surface area contributed by atoms with Gasteiger partial charge in [-0.25, -0.2) is 8.42 Å². The van der Waals surface area contributed by atoms with E-state index in [9.17, 15) is 13.2 Å². The number of likely N-dealkylation sites (tertiary alicyclic amines) is 1.